The molecule has 0 bridgehead atoms. The summed E-state index contributed by atoms with van der Waals surface area (Å²) in [5.74, 6) is -0.528. The van der Waals surface area contributed by atoms with Crippen LogP contribution in [0, 0.1) is 0 Å². The Kier molecular flexibility index (Phi) is 6.19. The van der Waals surface area contributed by atoms with Crippen molar-refractivity contribution in [3.8, 4) is 5.75 Å². The quantitative estimate of drug-likeness (QED) is 0.638. The van der Waals surface area contributed by atoms with Gasteiger partial charge in [0.2, 0.25) is 0 Å². The number of hydrogen-bond acceptors (Lipinski definition) is 5. The maximum atomic E-state index is 11.7. The van der Waals surface area contributed by atoms with Gasteiger partial charge in [0.1, 0.15) is 5.75 Å². The summed E-state index contributed by atoms with van der Waals surface area (Å²) in [7, 11) is 1.50. The van der Waals surface area contributed by atoms with Crippen LogP contribution in [0.25, 0.3) is 6.08 Å². The van der Waals surface area contributed by atoms with Gasteiger partial charge in [-0.2, -0.15) is 0 Å². The van der Waals surface area contributed by atoms with Crippen LogP contribution in [0.2, 0.25) is 5.02 Å². The molecule has 0 aliphatic rings. The lowest BCUT2D eigenvalue weighted by Gasteiger charge is -2.08. The van der Waals surface area contributed by atoms with Gasteiger partial charge in [-0.15, -0.1) is 11.3 Å². The van der Waals surface area contributed by atoms with Crippen molar-refractivity contribution in [3.05, 3.63) is 51.7 Å². The van der Waals surface area contributed by atoms with Gasteiger partial charge >= 0.3 is 5.97 Å². The molecule has 0 atom stereocenters. The molecule has 1 aromatic carbocycles. The molecule has 0 saturated heterocycles. The van der Waals surface area contributed by atoms with Crippen molar-refractivity contribution in [3.63, 3.8) is 0 Å². The van der Waals surface area contributed by atoms with Gasteiger partial charge in [-0.3, -0.25) is 4.79 Å². The van der Waals surface area contributed by atoms with E-state index in [4.69, 9.17) is 21.1 Å². The fourth-order valence-electron chi connectivity index (χ4n) is 1.66. The van der Waals surface area contributed by atoms with Crippen LogP contribution in [-0.4, -0.2) is 25.6 Å². The molecule has 2 rings (SSSR count). The highest BCUT2D eigenvalue weighted by Gasteiger charge is 2.08. The fourth-order valence-corrected chi connectivity index (χ4v) is 2.54. The normalized spacial score (nSPS) is 10.5. The second kappa shape index (κ2) is 8.36. The predicted molar refractivity (Wildman–Crippen MR) is 90.9 cm³/mol. The summed E-state index contributed by atoms with van der Waals surface area (Å²) in [6, 6.07) is 8.57. The summed E-state index contributed by atoms with van der Waals surface area (Å²) in [5.41, 5.74) is 0.492. The molecule has 1 amide bonds. The number of carbonyl (C=O) groups is 2. The SMILES string of the molecule is COc1ccc(NC(=O)COC(=O)C=Cc2cccs2)cc1Cl. The molecule has 1 aromatic heterocycles. The van der Waals surface area contributed by atoms with Crippen molar-refractivity contribution < 1.29 is 19.1 Å². The lowest BCUT2D eigenvalue weighted by atomic mass is 10.3. The van der Waals surface area contributed by atoms with Crippen LogP contribution in [0.5, 0.6) is 5.75 Å². The summed E-state index contributed by atoms with van der Waals surface area (Å²) in [4.78, 5) is 24.2. The van der Waals surface area contributed by atoms with E-state index in [0.717, 1.165) is 4.88 Å². The van der Waals surface area contributed by atoms with Gasteiger partial charge in [-0.25, -0.2) is 4.79 Å². The minimum atomic E-state index is -0.582. The second-order valence-corrected chi connectivity index (χ2v) is 5.74. The van der Waals surface area contributed by atoms with Gasteiger partial charge in [0.05, 0.1) is 12.1 Å². The molecule has 0 saturated carbocycles. The molecule has 5 nitrogen and oxygen atoms in total. The number of thiophene rings is 1. The van der Waals surface area contributed by atoms with Gasteiger partial charge in [0.15, 0.2) is 6.61 Å². The zero-order valence-corrected chi connectivity index (χ0v) is 13.8. The van der Waals surface area contributed by atoms with E-state index in [-0.39, 0.29) is 6.61 Å². The smallest absolute Gasteiger partial charge is 0.331 e. The van der Waals surface area contributed by atoms with Gasteiger partial charge in [0, 0.05) is 16.6 Å². The number of nitrogens with one attached hydrogen (secondary N) is 1. The molecular weight excluding hydrogens is 338 g/mol. The van der Waals surface area contributed by atoms with E-state index in [1.807, 2.05) is 17.5 Å². The Labute approximate surface area is 142 Å². The molecule has 0 spiro atoms. The van der Waals surface area contributed by atoms with Gasteiger partial charge < -0.3 is 14.8 Å². The molecular formula is C16H14ClNO4S. The van der Waals surface area contributed by atoms with Crippen LogP contribution >= 0.6 is 22.9 Å². The van der Waals surface area contributed by atoms with Crippen LogP contribution in [0.3, 0.4) is 0 Å². The van der Waals surface area contributed by atoms with Gasteiger partial charge in [-0.05, 0) is 35.7 Å². The minimum Gasteiger partial charge on any atom is -0.495 e. The Bertz CT molecular complexity index is 713. The molecule has 2 aromatic rings. The number of methoxy groups -OCH3 is 1. The highest BCUT2D eigenvalue weighted by Crippen LogP contribution is 2.27. The molecule has 0 aliphatic heterocycles. The lowest BCUT2D eigenvalue weighted by Crippen LogP contribution is -2.20. The summed E-state index contributed by atoms with van der Waals surface area (Å²) in [5, 5.41) is 4.86. The number of carbonyl (C=O) groups excluding carboxylic acids is 2. The number of esters is 1. The van der Waals surface area contributed by atoms with Crippen molar-refractivity contribution >= 4 is 46.6 Å². The van der Waals surface area contributed by atoms with Crippen LogP contribution in [0.1, 0.15) is 4.88 Å². The number of ether oxygens (including phenoxy) is 2. The van der Waals surface area contributed by atoms with Crippen molar-refractivity contribution in [1.29, 1.82) is 0 Å². The van der Waals surface area contributed by atoms with Crippen LogP contribution in [0.15, 0.2) is 41.8 Å². The highest BCUT2D eigenvalue weighted by molar-refractivity contribution is 7.10. The first-order valence-corrected chi connectivity index (χ1v) is 7.86. The zero-order valence-electron chi connectivity index (χ0n) is 12.2. The summed E-state index contributed by atoms with van der Waals surface area (Å²) in [6.07, 6.45) is 2.91. The Morgan fingerprint density at radius 1 is 1.35 bits per heavy atom. The second-order valence-electron chi connectivity index (χ2n) is 4.35. The van der Waals surface area contributed by atoms with E-state index in [1.165, 1.54) is 24.5 Å². The molecule has 120 valence electrons. The average molecular weight is 352 g/mol. The minimum absolute atomic E-state index is 0.376. The third kappa shape index (κ3) is 5.43. The Hall–Kier alpha value is -2.31. The highest BCUT2D eigenvalue weighted by atomic mass is 35.5. The van der Waals surface area contributed by atoms with Crippen LogP contribution < -0.4 is 10.1 Å². The summed E-state index contributed by atoms with van der Waals surface area (Å²) < 4.78 is 9.88. The molecule has 0 radical (unpaired) electrons. The lowest BCUT2D eigenvalue weighted by molar-refractivity contribution is -0.142. The first kappa shape index (κ1) is 17.1. The first-order chi connectivity index (χ1) is 11.1. The third-order valence-corrected chi connectivity index (χ3v) is 3.84. The van der Waals surface area contributed by atoms with Crippen molar-refractivity contribution in [2.45, 2.75) is 0 Å². The van der Waals surface area contributed by atoms with Crippen molar-refractivity contribution in [2.75, 3.05) is 19.0 Å². The summed E-state index contributed by atoms with van der Waals surface area (Å²) >= 11 is 7.46. The molecule has 23 heavy (non-hydrogen) atoms. The van der Waals surface area contributed by atoms with E-state index >= 15 is 0 Å². The van der Waals surface area contributed by atoms with E-state index in [9.17, 15) is 9.59 Å². The average Bonchev–Trinajstić information content (AvgIpc) is 3.04. The molecule has 0 aliphatic carbocycles. The topological polar surface area (TPSA) is 64.6 Å². The fraction of sp³-hybridized carbons (Fsp3) is 0.125. The number of benzene rings is 1. The van der Waals surface area contributed by atoms with Crippen molar-refractivity contribution in [2.24, 2.45) is 0 Å². The zero-order chi connectivity index (χ0) is 16.7. The van der Waals surface area contributed by atoms with Gasteiger partial charge in [-0.1, -0.05) is 17.7 Å². The Morgan fingerprint density at radius 3 is 2.83 bits per heavy atom. The maximum absolute atomic E-state index is 11.7. The number of halogens is 1. The molecule has 1 N–H and O–H groups in total. The number of amides is 1. The van der Waals surface area contributed by atoms with Crippen molar-refractivity contribution in [1.82, 2.24) is 0 Å². The number of anilines is 1. The first-order valence-electron chi connectivity index (χ1n) is 6.60. The molecule has 0 unspecified atom stereocenters. The monoisotopic (exact) mass is 351 g/mol. The standard InChI is InChI=1S/C16H14ClNO4S/c1-21-14-6-4-11(9-13(14)17)18-15(19)10-22-16(20)7-5-12-3-2-8-23-12/h2-9H,10H2,1H3,(H,18,19). The Balaban J connectivity index is 1.80. The number of rotatable bonds is 6. The maximum Gasteiger partial charge on any atom is 0.331 e. The van der Waals surface area contributed by atoms with Crippen LogP contribution in [-0.2, 0) is 14.3 Å². The largest absolute Gasteiger partial charge is 0.495 e. The van der Waals surface area contributed by atoms with E-state index in [1.54, 1.807) is 24.3 Å². The summed E-state index contributed by atoms with van der Waals surface area (Å²) in [6.45, 7) is -0.378. The van der Waals surface area contributed by atoms with E-state index in [0.29, 0.717) is 16.5 Å². The Morgan fingerprint density at radius 2 is 2.17 bits per heavy atom. The predicted octanol–water partition coefficient (Wildman–Crippen LogP) is 3.61. The molecule has 7 heteroatoms. The number of hydrogen-bond donors (Lipinski definition) is 1. The molecule has 1 heterocycles. The molecule has 0 fully saturated rings. The van der Waals surface area contributed by atoms with Gasteiger partial charge in [0.25, 0.3) is 5.91 Å². The van der Waals surface area contributed by atoms with Crippen LogP contribution in [0.4, 0.5) is 5.69 Å². The van der Waals surface area contributed by atoms with E-state index < -0.39 is 11.9 Å². The third-order valence-electron chi connectivity index (χ3n) is 2.71. The van der Waals surface area contributed by atoms with E-state index in [2.05, 4.69) is 5.32 Å².